The van der Waals surface area contributed by atoms with E-state index in [2.05, 4.69) is 62.5 Å². The normalized spacial score (nSPS) is 13.2. The van der Waals surface area contributed by atoms with E-state index in [0.717, 1.165) is 77.0 Å². The van der Waals surface area contributed by atoms with Crippen molar-refractivity contribution in [1.82, 2.24) is 0 Å². The first-order chi connectivity index (χ1) is 31.1. The van der Waals surface area contributed by atoms with Crippen molar-refractivity contribution < 1.29 is 38.2 Å². The molecule has 0 aromatic rings. The number of carboxylic acids is 1. The topological polar surface area (TPSA) is 99.1 Å². The number of esters is 2. The molecule has 0 aliphatic heterocycles. The van der Waals surface area contributed by atoms with E-state index in [0.29, 0.717) is 19.3 Å². The molecule has 8 heteroatoms. The van der Waals surface area contributed by atoms with Crippen LogP contribution in [0.5, 0.6) is 0 Å². The third kappa shape index (κ3) is 44.5. The van der Waals surface area contributed by atoms with Gasteiger partial charge in [-0.3, -0.25) is 9.59 Å². The molecule has 0 spiro atoms. The van der Waals surface area contributed by atoms with Gasteiger partial charge in [-0.15, -0.1) is 0 Å². The van der Waals surface area contributed by atoms with Crippen LogP contribution in [0.4, 0.5) is 0 Å². The van der Waals surface area contributed by atoms with Crippen molar-refractivity contribution in [2.24, 2.45) is 0 Å². The van der Waals surface area contributed by atoms with Gasteiger partial charge in [-0.2, -0.15) is 0 Å². The molecule has 0 radical (unpaired) electrons. The van der Waals surface area contributed by atoms with Crippen molar-refractivity contribution in [3.8, 4) is 0 Å². The Morgan fingerprint density at radius 1 is 0.469 bits per heavy atom. The first-order valence-corrected chi connectivity index (χ1v) is 26.7. The summed E-state index contributed by atoms with van der Waals surface area (Å²) in [6.45, 7) is 4.72. The number of aliphatic carboxylic acids is 1. The first-order valence-electron chi connectivity index (χ1n) is 26.7. The molecule has 64 heavy (non-hydrogen) atoms. The van der Waals surface area contributed by atoms with Gasteiger partial charge in [0.25, 0.3) is 0 Å². The van der Waals surface area contributed by atoms with Crippen LogP contribution < -0.4 is 0 Å². The Hall–Kier alpha value is -2.71. The van der Waals surface area contributed by atoms with Crippen LogP contribution >= 0.6 is 0 Å². The standard InChI is InChI=1S/C56H101NO7/c1-6-8-10-12-14-16-18-20-22-24-26-27-29-30-32-34-36-38-40-42-44-46-54(58)63-51-52(50-62-49-48-53(56(60)61)57(3,4)5)64-55(59)47-45-43-41-39-37-35-33-31-28-25-23-21-19-17-15-13-11-9-7-2/h14,16,20,22,26-27,30,32,52-53H,6-13,15,17-19,21,23-25,28-29,31,33-51H2,1-5H3/p+1/b16-14+,22-20+,27-26+,32-30+. The van der Waals surface area contributed by atoms with Crippen molar-refractivity contribution in [3.05, 3.63) is 48.6 Å². The summed E-state index contributed by atoms with van der Waals surface area (Å²) in [5.41, 5.74) is 0. The van der Waals surface area contributed by atoms with E-state index in [4.69, 9.17) is 14.2 Å². The van der Waals surface area contributed by atoms with Crippen LogP contribution in [0.3, 0.4) is 0 Å². The van der Waals surface area contributed by atoms with Crippen LogP contribution in [-0.4, -0.2) is 80.6 Å². The summed E-state index contributed by atoms with van der Waals surface area (Å²) in [6.07, 6.45) is 57.3. The smallest absolute Gasteiger partial charge is 0.362 e. The average molecular weight is 901 g/mol. The van der Waals surface area contributed by atoms with Crippen molar-refractivity contribution >= 4 is 17.9 Å². The SMILES string of the molecule is CCCCC/C=C/C/C=C/C/C=C/C/C=C/CCCCCCCC(=O)OCC(COCCC(C(=O)O)[N+](C)(C)C)OC(=O)CCCCCCCCCCCCCCCCCCCCC. The van der Waals surface area contributed by atoms with Gasteiger partial charge in [-0.1, -0.05) is 210 Å². The molecule has 0 aliphatic rings. The highest BCUT2D eigenvalue weighted by atomic mass is 16.6. The van der Waals surface area contributed by atoms with Crippen LogP contribution in [-0.2, 0) is 28.6 Å². The summed E-state index contributed by atoms with van der Waals surface area (Å²) in [7, 11) is 5.54. The summed E-state index contributed by atoms with van der Waals surface area (Å²) in [5.74, 6) is -1.48. The number of unbranched alkanes of at least 4 members (excludes halogenated alkanes) is 26. The highest BCUT2D eigenvalue weighted by Gasteiger charge is 2.31. The molecular formula is C56H102NO7+. The van der Waals surface area contributed by atoms with Crippen LogP contribution in [0.2, 0.25) is 0 Å². The number of allylic oxidation sites excluding steroid dienone is 8. The average Bonchev–Trinajstić information content (AvgIpc) is 3.26. The Bertz CT molecular complexity index is 1190. The van der Waals surface area contributed by atoms with Gasteiger partial charge in [-0.25, -0.2) is 4.79 Å². The molecule has 0 aromatic heterocycles. The van der Waals surface area contributed by atoms with Crippen molar-refractivity contribution in [2.75, 3.05) is 41.0 Å². The first kappa shape index (κ1) is 61.3. The maximum Gasteiger partial charge on any atom is 0.362 e. The van der Waals surface area contributed by atoms with Crippen molar-refractivity contribution in [2.45, 2.75) is 251 Å². The molecule has 0 aromatic carbocycles. The second-order valence-corrected chi connectivity index (χ2v) is 19.1. The zero-order valence-electron chi connectivity index (χ0n) is 42.5. The second kappa shape index (κ2) is 46.8. The number of carbonyl (C=O) groups is 3. The maximum atomic E-state index is 12.8. The summed E-state index contributed by atoms with van der Waals surface area (Å²) < 4.78 is 17.4. The summed E-state index contributed by atoms with van der Waals surface area (Å²) >= 11 is 0. The lowest BCUT2D eigenvalue weighted by molar-refractivity contribution is -0.887. The molecule has 0 bridgehead atoms. The predicted octanol–water partition coefficient (Wildman–Crippen LogP) is 15.5. The molecule has 0 saturated heterocycles. The molecular weight excluding hydrogens is 799 g/mol. The van der Waals surface area contributed by atoms with Crippen LogP contribution in [0, 0.1) is 0 Å². The molecule has 0 heterocycles. The number of nitrogens with zero attached hydrogens (tertiary/aromatic N) is 1. The van der Waals surface area contributed by atoms with Gasteiger partial charge in [-0.05, 0) is 57.8 Å². The van der Waals surface area contributed by atoms with E-state index in [1.165, 1.54) is 128 Å². The van der Waals surface area contributed by atoms with Gasteiger partial charge in [0.1, 0.15) is 6.61 Å². The van der Waals surface area contributed by atoms with Crippen LogP contribution in [0.15, 0.2) is 48.6 Å². The van der Waals surface area contributed by atoms with Crippen molar-refractivity contribution in [1.29, 1.82) is 0 Å². The van der Waals surface area contributed by atoms with Gasteiger partial charge in [0.2, 0.25) is 0 Å². The van der Waals surface area contributed by atoms with Crippen molar-refractivity contribution in [3.63, 3.8) is 0 Å². The Kier molecular flexibility index (Phi) is 44.8. The van der Waals surface area contributed by atoms with Gasteiger partial charge >= 0.3 is 17.9 Å². The van der Waals surface area contributed by atoms with E-state index in [1.54, 1.807) is 0 Å². The van der Waals surface area contributed by atoms with E-state index in [9.17, 15) is 19.5 Å². The minimum atomic E-state index is -0.876. The lowest BCUT2D eigenvalue weighted by Crippen LogP contribution is -2.50. The Balaban J connectivity index is 4.25. The Labute approximate surface area is 395 Å². The molecule has 0 aliphatic carbocycles. The fourth-order valence-corrected chi connectivity index (χ4v) is 7.84. The highest BCUT2D eigenvalue weighted by Crippen LogP contribution is 2.16. The quantitative estimate of drug-likeness (QED) is 0.0281. The largest absolute Gasteiger partial charge is 0.477 e. The number of likely N-dealkylation sites (N-methyl/N-ethyl adjacent to an activating group) is 1. The van der Waals surface area contributed by atoms with Gasteiger partial charge < -0.3 is 23.8 Å². The molecule has 0 rings (SSSR count). The molecule has 8 nitrogen and oxygen atoms in total. The fourth-order valence-electron chi connectivity index (χ4n) is 7.84. The summed E-state index contributed by atoms with van der Waals surface area (Å²) in [5, 5.41) is 9.66. The Morgan fingerprint density at radius 2 is 0.828 bits per heavy atom. The molecule has 0 amide bonds. The van der Waals surface area contributed by atoms with E-state index < -0.39 is 18.1 Å². The van der Waals surface area contributed by atoms with Crippen LogP contribution in [0.1, 0.15) is 239 Å². The minimum Gasteiger partial charge on any atom is -0.477 e. The molecule has 372 valence electrons. The zero-order chi connectivity index (χ0) is 47.0. The number of hydrogen-bond donors (Lipinski definition) is 1. The third-order valence-corrected chi connectivity index (χ3v) is 12.0. The second-order valence-electron chi connectivity index (χ2n) is 19.1. The predicted molar refractivity (Wildman–Crippen MR) is 271 cm³/mol. The fraction of sp³-hybridized carbons (Fsp3) is 0.804. The third-order valence-electron chi connectivity index (χ3n) is 12.0. The monoisotopic (exact) mass is 901 g/mol. The number of carboxylic acid groups (broad SMARTS) is 1. The van der Waals surface area contributed by atoms with E-state index in [-0.39, 0.29) is 36.2 Å². The lowest BCUT2D eigenvalue weighted by Gasteiger charge is -2.31. The van der Waals surface area contributed by atoms with E-state index in [1.807, 2.05) is 21.1 Å². The van der Waals surface area contributed by atoms with E-state index >= 15 is 0 Å². The number of rotatable bonds is 48. The summed E-state index contributed by atoms with van der Waals surface area (Å²) in [6, 6.07) is -0.618. The number of ether oxygens (including phenoxy) is 3. The summed E-state index contributed by atoms with van der Waals surface area (Å²) in [4.78, 5) is 37.2. The van der Waals surface area contributed by atoms with Gasteiger partial charge in [0.05, 0.1) is 34.4 Å². The molecule has 0 saturated carbocycles. The number of hydrogen-bond acceptors (Lipinski definition) is 6. The molecule has 2 atom stereocenters. The van der Waals surface area contributed by atoms with Crippen LogP contribution in [0.25, 0.3) is 0 Å². The molecule has 2 unspecified atom stereocenters. The lowest BCUT2D eigenvalue weighted by atomic mass is 10.0. The van der Waals surface area contributed by atoms with Gasteiger partial charge in [0.15, 0.2) is 12.1 Å². The number of quaternary nitrogens is 1. The van der Waals surface area contributed by atoms with Gasteiger partial charge in [0, 0.05) is 19.3 Å². The Morgan fingerprint density at radius 3 is 1.25 bits per heavy atom. The maximum absolute atomic E-state index is 12.8. The highest BCUT2D eigenvalue weighted by molar-refractivity contribution is 5.72. The molecule has 0 fully saturated rings. The zero-order valence-corrected chi connectivity index (χ0v) is 42.5. The number of carbonyl (C=O) groups excluding carboxylic acids is 2. The minimum absolute atomic E-state index is 0.0567. The molecule has 1 N–H and O–H groups in total.